The maximum absolute atomic E-state index is 12.0. The van der Waals surface area contributed by atoms with Crippen LogP contribution in [0, 0.1) is 5.41 Å². The minimum atomic E-state index is -0.556. The smallest absolute Gasteiger partial charge is 0.235 e. The van der Waals surface area contributed by atoms with Crippen molar-refractivity contribution in [2.75, 3.05) is 6.54 Å². The molecular formula is C12H22N2O2. The van der Waals surface area contributed by atoms with Crippen molar-refractivity contribution in [2.45, 2.75) is 52.5 Å². The van der Waals surface area contributed by atoms with E-state index in [4.69, 9.17) is 5.73 Å². The molecule has 0 spiro atoms. The molecular weight excluding hydrogens is 204 g/mol. The Labute approximate surface area is 97.2 Å². The molecule has 2 amide bonds. The third-order valence-corrected chi connectivity index (χ3v) is 3.60. The molecule has 1 rings (SSSR count). The molecule has 0 unspecified atom stereocenters. The van der Waals surface area contributed by atoms with Crippen LogP contribution in [-0.2, 0) is 9.59 Å². The molecule has 0 aromatic carbocycles. The zero-order valence-electron chi connectivity index (χ0n) is 10.7. The standard InChI is InChI=1S/C12H22N2O2/c1-5-12(13,6-2)8-14-9(15)7-11(3,4)10(14)16/h5-8,13H2,1-4H3. The fourth-order valence-electron chi connectivity index (χ4n) is 1.98. The first-order chi connectivity index (χ1) is 7.25. The molecule has 1 aliphatic heterocycles. The van der Waals surface area contributed by atoms with Crippen LogP contribution in [0.2, 0.25) is 0 Å². The van der Waals surface area contributed by atoms with E-state index in [9.17, 15) is 9.59 Å². The van der Waals surface area contributed by atoms with Gasteiger partial charge in [0.25, 0.3) is 0 Å². The van der Waals surface area contributed by atoms with Crippen molar-refractivity contribution in [3.8, 4) is 0 Å². The van der Waals surface area contributed by atoms with E-state index in [1.54, 1.807) is 0 Å². The van der Waals surface area contributed by atoms with Crippen molar-refractivity contribution >= 4 is 11.8 Å². The number of likely N-dealkylation sites (tertiary alicyclic amines) is 1. The molecule has 4 heteroatoms. The second kappa shape index (κ2) is 4.17. The summed E-state index contributed by atoms with van der Waals surface area (Å²) in [7, 11) is 0. The van der Waals surface area contributed by atoms with Crippen LogP contribution in [0.3, 0.4) is 0 Å². The van der Waals surface area contributed by atoms with Crippen molar-refractivity contribution in [1.29, 1.82) is 0 Å². The summed E-state index contributed by atoms with van der Waals surface area (Å²) in [6, 6.07) is 0. The van der Waals surface area contributed by atoms with Gasteiger partial charge in [0.2, 0.25) is 11.8 Å². The molecule has 0 saturated carbocycles. The molecule has 1 aliphatic rings. The van der Waals surface area contributed by atoms with Crippen LogP contribution in [0.25, 0.3) is 0 Å². The minimum absolute atomic E-state index is 0.0887. The van der Waals surface area contributed by atoms with Gasteiger partial charge >= 0.3 is 0 Å². The highest BCUT2D eigenvalue weighted by Gasteiger charge is 2.46. The third-order valence-electron chi connectivity index (χ3n) is 3.60. The normalized spacial score (nSPS) is 20.7. The highest BCUT2D eigenvalue weighted by atomic mass is 16.2. The average molecular weight is 226 g/mol. The SMILES string of the molecule is CCC(N)(CC)CN1C(=O)CC(C)(C)C1=O. The molecule has 0 bridgehead atoms. The minimum Gasteiger partial charge on any atom is -0.324 e. The van der Waals surface area contributed by atoms with Crippen LogP contribution in [0.5, 0.6) is 0 Å². The maximum atomic E-state index is 12.0. The topological polar surface area (TPSA) is 63.4 Å². The maximum Gasteiger partial charge on any atom is 0.235 e. The van der Waals surface area contributed by atoms with E-state index in [0.29, 0.717) is 13.0 Å². The van der Waals surface area contributed by atoms with Gasteiger partial charge in [0.05, 0.1) is 5.41 Å². The van der Waals surface area contributed by atoms with Gasteiger partial charge in [-0.2, -0.15) is 0 Å². The van der Waals surface area contributed by atoms with Crippen molar-refractivity contribution in [2.24, 2.45) is 11.1 Å². The Morgan fingerprint density at radius 2 is 1.81 bits per heavy atom. The lowest BCUT2D eigenvalue weighted by Gasteiger charge is -2.31. The van der Waals surface area contributed by atoms with Gasteiger partial charge in [0.1, 0.15) is 0 Å². The molecule has 1 heterocycles. The summed E-state index contributed by atoms with van der Waals surface area (Å²) >= 11 is 0. The monoisotopic (exact) mass is 226 g/mol. The molecule has 4 nitrogen and oxygen atoms in total. The Bertz CT molecular complexity index is 306. The van der Waals surface area contributed by atoms with Gasteiger partial charge in [0.15, 0.2) is 0 Å². The fraction of sp³-hybridized carbons (Fsp3) is 0.833. The number of rotatable bonds is 4. The largest absolute Gasteiger partial charge is 0.324 e. The zero-order chi connectivity index (χ0) is 12.6. The van der Waals surface area contributed by atoms with Gasteiger partial charge in [-0.25, -0.2) is 0 Å². The predicted octanol–water partition coefficient (Wildman–Crippen LogP) is 1.29. The van der Waals surface area contributed by atoms with Gasteiger partial charge < -0.3 is 5.73 Å². The van der Waals surface area contributed by atoms with Crippen molar-refractivity contribution in [1.82, 2.24) is 4.90 Å². The van der Waals surface area contributed by atoms with Crippen molar-refractivity contribution in [3.05, 3.63) is 0 Å². The number of carbonyl (C=O) groups excluding carboxylic acids is 2. The number of nitrogens with zero attached hydrogens (tertiary/aromatic N) is 1. The van der Waals surface area contributed by atoms with Gasteiger partial charge in [-0.1, -0.05) is 27.7 Å². The fourth-order valence-corrected chi connectivity index (χ4v) is 1.98. The lowest BCUT2D eigenvalue weighted by Crippen LogP contribution is -2.51. The van der Waals surface area contributed by atoms with Crippen LogP contribution in [0.4, 0.5) is 0 Å². The summed E-state index contributed by atoms with van der Waals surface area (Å²) in [5, 5.41) is 0. The second-order valence-corrected chi connectivity index (χ2v) is 5.42. The highest BCUT2D eigenvalue weighted by Crippen LogP contribution is 2.32. The molecule has 16 heavy (non-hydrogen) atoms. The molecule has 0 atom stereocenters. The second-order valence-electron chi connectivity index (χ2n) is 5.42. The number of imide groups is 1. The van der Waals surface area contributed by atoms with E-state index < -0.39 is 11.0 Å². The number of carbonyl (C=O) groups is 2. The Hall–Kier alpha value is -0.900. The van der Waals surface area contributed by atoms with Crippen LogP contribution in [-0.4, -0.2) is 28.8 Å². The molecule has 92 valence electrons. The molecule has 0 aromatic heterocycles. The predicted molar refractivity (Wildman–Crippen MR) is 62.6 cm³/mol. The van der Waals surface area contributed by atoms with E-state index >= 15 is 0 Å². The zero-order valence-corrected chi connectivity index (χ0v) is 10.7. The summed E-state index contributed by atoms with van der Waals surface area (Å²) in [5.74, 6) is -0.180. The summed E-state index contributed by atoms with van der Waals surface area (Å²) in [6.07, 6.45) is 1.83. The van der Waals surface area contributed by atoms with Crippen LogP contribution < -0.4 is 5.73 Å². The Morgan fingerprint density at radius 3 is 2.12 bits per heavy atom. The first-order valence-corrected chi connectivity index (χ1v) is 5.89. The number of hydrogen-bond acceptors (Lipinski definition) is 3. The highest BCUT2D eigenvalue weighted by molar-refractivity contribution is 6.05. The molecule has 0 aliphatic carbocycles. The number of nitrogens with two attached hydrogens (primary N) is 1. The summed E-state index contributed by atoms with van der Waals surface area (Å²) in [4.78, 5) is 25.1. The lowest BCUT2D eigenvalue weighted by atomic mass is 9.91. The molecule has 1 saturated heterocycles. The van der Waals surface area contributed by atoms with Crippen LogP contribution in [0.15, 0.2) is 0 Å². The lowest BCUT2D eigenvalue weighted by molar-refractivity contribution is -0.141. The van der Waals surface area contributed by atoms with Crippen LogP contribution >= 0.6 is 0 Å². The summed E-state index contributed by atoms with van der Waals surface area (Å²) in [6.45, 7) is 7.94. The molecule has 2 N–H and O–H groups in total. The molecule has 1 fully saturated rings. The van der Waals surface area contributed by atoms with E-state index in [2.05, 4.69) is 0 Å². The van der Waals surface area contributed by atoms with Gasteiger partial charge in [-0.3, -0.25) is 14.5 Å². The Morgan fingerprint density at radius 1 is 1.31 bits per heavy atom. The van der Waals surface area contributed by atoms with E-state index in [-0.39, 0.29) is 11.8 Å². The first-order valence-electron chi connectivity index (χ1n) is 5.89. The van der Waals surface area contributed by atoms with E-state index in [0.717, 1.165) is 12.8 Å². The number of hydrogen-bond donors (Lipinski definition) is 1. The van der Waals surface area contributed by atoms with Crippen LogP contribution in [0.1, 0.15) is 47.0 Å². The number of amides is 2. The van der Waals surface area contributed by atoms with Gasteiger partial charge in [0, 0.05) is 18.5 Å². The Balaban J connectivity index is 2.83. The molecule has 0 aromatic rings. The van der Waals surface area contributed by atoms with Gasteiger partial charge in [-0.05, 0) is 12.8 Å². The van der Waals surface area contributed by atoms with Crippen molar-refractivity contribution in [3.63, 3.8) is 0 Å². The van der Waals surface area contributed by atoms with Gasteiger partial charge in [-0.15, -0.1) is 0 Å². The first kappa shape index (κ1) is 13.2. The third kappa shape index (κ3) is 2.26. The molecule has 0 radical (unpaired) electrons. The average Bonchev–Trinajstić information content (AvgIpc) is 2.40. The summed E-state index contributed by atoms with van der Waals surface area (Å²) in [5.41, 5.74) is 5.15. The van der Waals surface area contributed by atoms with E-state index in [1.165, 1.54) is 4.90 Å². The van der Waals surface area contributed by atoms with E-state index in [1.807, 2.05) is 27.7 Å². The Kier molecular flexibility index (Phi) is 3.43. The van der Waals surface area contributed by atoms with Crippen molar-refractivity contribution < 1.29 is 9.59 Å². The summed E-state index contributed by atoms with van der Waals surface area (Å²) < 4.78 is 0. The quantitative estimate of drug-likeness (QED) is 0.735.